The molecule has 0 unspecified atom stereocenters. The normalized spacial score (nSPS) is 13.6. The lowest BCUT2D eigenvalue weighted by Crippen LogP contribution is -2.22. The SMILES string of the molecule is CC(C)Oc1ccccc1/C=c1\s/c(=C/C(=O)C(C)(C)C)[nH]c1=O. The second kappa shape index (κ2) is 7.18. The van der Waals surface area contributed by atoms with E-state index in [2.05, 4.69) is 4.98 Å². The van der Waals surface area contributed by atoms with E-state index >= 15 is 0 Å². The Morgan fingerprint density at radius 2 is 1.92 bits per heavy atom. The molecule has 0 aliphatic heterocycles. The molecule has 0 bridgehead atoms. The van der Waals surface area contributed by atoms with Crippen molar-refractivity contribution < 1.29 is 9.53 Å². The zero-order valence-electron chi connectivity index (χ0n) is 14.7. The van der Waals surface area contributed by atoms with E-state index in [-0.39, 0.29) is 17.4 Å². The topological polar surface area (TPSA) is 59.2 Å². The van der Waals surface area contributed by atoms with Crippen LogP contribution >= 0.6 is 11.3 Å². The summed E-state index contributed by atoms with van der Waals surface area (Å²) >= 11 is 1.27. The highest BCUT2D eigenvalue weighted by Gasteiger charge is 2.18. The number of hydrogen-bond donors (Lipinski definition) is 1. The second-order valence-corrected chi connectivity index (χ2v) is 7.98. The number of H-pyrrole nitrogens is 1. The molecule has 5 heteroatoms. The number of hydrogen-bond acceptors (Lipinski definition) is 4. The van der Waals surface area contributed by atoms with Gasteiger partial charge in [0, 0.05) is 17.1 Å². The Kier molecular flexibility index (Phi) is 5.44. The van der Waals surface area contributed by atoms with E-state index in [9.17, 15) is 9.59 Å². The van der Waals surface area contributed by atoms with Crippen molar-refractivity contribution in [3.05, 3.63) is 49.4 Å². The molecule has 0 amide bonds. The predicted molar refractivity (Wildman–Crippen MR) is 98.9 cm³/mol. The largest absolute Gasteiger partial charge is 0.490 e. The Hall–Kier alpha value is -2.14. The van der Waals surface area contributed by atoms with Gasteiger partial charge in [0.2, 0.25) is 0 Å². The molecule has 0 saturated heterocycles. The standard InChI is InChI=1S/C19H23NO3S/c1-12(2)23-14-9-7-6-8-13(14)10-15-18(22)20-17(24-15)11-16(21)19(3,4)5/h6-12H,1-5H3,(H,20,22)/b15-10-,17-11+. The van der Waals surface area contributed by atoms with Crippen LogP contribution in [0.25, 0.3) is 12.2 Å². The Morgan fingerprint density at radius 3 is 2.54 bits per heavy atom. The number of carbonyl (C=O) groups is 1. The van der Waals surface area contributed by atoms with E-state index < -0.39 is 5.41 Å². The smallest absolute Gasteiger partial charge is 0.266 e. The van der Waals surface area contributed by atoms with Gasteiger partial charge in [0.1, 0.15) is 5.75 Å². The zero-order chi connectivity index (χ0) is 17.9. The van der Waals surface area contributed by atoms with Crippen LogP contribution in [0, 0.1) is 5.41 Å². The number of thiazole rings is 1. The lowest BCUT2D eigenvalue weighted by atomic mass is 9.91. The average molecular weight is 345 g/mol. The first-order chi connectivity index (χ1) is 11.2. The molecule has 1 aromatic heterocycles. The molecule has 0 fully saturated rings. The fourth-order valence-corrected chi connectivity index (χ4v) is 2.84. The van der Waals surface area contributed by atoms with Crippen molar-refractivity contribution in [3.8, 4) is 5.75 Å². The molecule has 0 spiro atoms. The maximum atomic E-state index is 12.2. The molecule has 24 heavy (non-hydrogen) atoms. The van der Waals surface area contributed by atoms with E-state index in [1.54, 1.807) is 6.08 Å². The third-order valence-corrected chi connectivity index (χ3v) is 4.21. The summed E-state index contributed by atoms with van der Waals surface area (Å²) in [4.78, 5) is 27.0. The minimum absolute atomic E-state index is 0.0184. The summed E-state index contributed by atoms with van der Waals surface area (Å²) in [6, 6.07) is 7.58. The van der Waals surface area contributed by atoms with Crippen molar-refractivity contribution in [2.24, 2.45) is 5.41 Å². The molecule has 2 rings (SSSR count). The molecule has 1 N–H and O–H groups in total. The van der Waals surface area contributed by atoms with E-state index in [1.165, 1.54) is 17.4 Å². The molecule has 0 atom stereocenters. The maximum absolute atomic E-state index is 12.2. The van der Waals surface area contributed by atoms with E-state index in [0.717, 1.165) is 11.3 Å². The summed E-state index contributed by atoms with van der Waals surface area (Å²) in [5, 5.41) is 0. The van der Waals surface area contributed by atoms with E-state index in [0.29, 0.717) is 9.20 Å². The van der Waals surface area contributed by atoms with Gasteiger partial charge < -0.3 is 9.72 Å². The average Bonchev–Trinajstić information content (AvgIpc) is 2.79. The molecular formula is C19H23NO3S. The first-order valence-electron chi connectivity index (χ1n) is 7.89. The highest BCUT2D eigenvalue weighted by atomic mass is 32.1. The van der Waals surface area contributed by atoms with Gasteiger partial charge in [0.25, 0.3) is 5.56 Å². The molecule has 0 radical (unpaired) electrons. The molecule has 0 saturated carbocycles. The number of aromatic amines is 1. The molecule has 0 aliphatic rings. The van der Waals surface area contributed by atoms with Crippen molar-refractivity contribution in [2.45, 2.75) is 40.7 Å². The van der Waals surface area contributed by atoms with Gasteiger partial charge in [-0.2, -0.15) is 0 Å². The van der Waals surface area contributed by atoms with E-state index in [1.807, 2.05) is 58.9 Å². The van der Waals surface area contributed by atoms with Gasteiger partial charge in [0.15, 0.2) is 5.78 Å². The second-order valence-electron chi connectivity index (χ2n) is 6.89. The molecule has 4 nitrogen and oxygen atoms in total. The third-order valence-electron chi connectivity index (χ3n) is 3.25. The quantitative estimate of drug-likeness (QED) is 0.926. The van der Waals surface area contributed by atoms with Gasteiger partial charge in [-0.25, -0.2) is 0 Å². The van der Waals surface area contributed by atoms with Crippen LogP contribution in [0.5, 0.6) is 5.75 Å². The molecular weight excluding hydrogens is 322 g/mol. The number of benzene rings is 1. The molecule has 1 aromatic carbocycles. The number of nitrogens with one attached hydrogen (secondary N) is 1. The van der Waals surface area contributed by atoms with Gasteiger partial charge in [-0.3, -0.25) is 9.59 Å². The minimum atomic E-state index is -0.470. The third kappa shape index (κ3) is 4.68. The number of ether oxygens (including phenoxy) is 1. The zero-order valence-corrected chi connectivity index (χ0v) is 15.5. The van der Waals surface area contributed by atoms with Crippen molar-refractivity contribution in [2.75, 3.05) is 0 Å². The van der Waals surface area contributed by atoms with Crippen LogP contribution in [-0.4, -0.2) is 16.9 Å². The first-order valence-corrected chi connectivity index (χ1v) is 8.71. The van der Waals surface area contributed by atoms with Crippen molar-refractivity contribution in [3.63, 3.8) is 0 Å². The fraction of sp³-hybridized carbons (Fsp3) is 0.368. The Labute approximate surface area is 145 Å². The van der Waals surface area contributed by atoms with Crippen LogP contribution in [0.3, 0.4) is 0 Å². The van der Waals surface area contributed by atoms with Gasteiger partial charge in [0.05, 0.1) is 15.3 Å². The molecule has 2 aromatic rings. The molecule has 0 aliphatic carbocycles. The molecule has 128 valence electrons. The van der Waals surface area contributed by atoms with Crippen molar-refractivity contribution >= 4 is 29.3 Å². The first kappa shape index (κ1) is 18.2. The van der Waals surface area contributed by atoms with Gasteiger partial charge in [-0.1, -0.05) is 39.0 Å². The fourth-order valence-electron chi connectivity index (χ4n) is 1.96. The van der Waals surface area contributed by atoms with Crippen LogP contribution in [0.2, 0.25) is 0 Å². The summed E-state index contributed by atoms with van der Waals surface area (Å²) < 4.78 is 6.88. The minimum Gasteiger partial charge on any atom is -0.490 e. The lowest BCUT2D eigenvalue weighted by Gasteiger charge is -2.12. The Balaban J connectivity index is 2.49. The number of carbonyl (C=O) groups excluding carboxylic acids is 1. The summed E-state index contributed by atoms with van der Waals surface area (Å²) in [6.45, 7) is 9.47. The number of ketones is 1. The number of para-hydroxylation sites is 1. The van der Waals surface area contributed by atoms with E-state index in [4.69, 9.17) is 4.74 Å². The van der Waals surface area contributed by atoms with Crippen molar-refractivity contribution in [1.82, 2.24) is 4.98 Å². The summed E-state index contributed by atoms with van der Waals surface area (Å²) in [7, 11) is 0. The summed E-state index contributed by atoms with van der Waals surface area (Å²) in [5.74, 6) is 0.715. The van der Waals surface area contributed by atoms with Gasteiger partial charge in [-0.05, 0) is 26.0 Å². The number of aromatic nitrogens is 1. The van der Waals surface area contributed by atoms with Gasteiger partial charge >= 0.3 is 0 Å². The van der Waals surface area contributed by atoms with Crippen LogP contribution in [0.4, 0.5) is 0 Å². The van der Waals surface area contributed by atoms with Crippen molar-refractivity contribution in [1.29, 1.82) is 0 Å². The Morgan fingerprint density at radius 1 is 1.25 bits per heavy atom. The number of rotatable bonds is 4. The van der Waals surface area contributed by atoms with Gasteiger partial charge in [-0.15, -0.1) is 11.3 Å². The maximum Gasteiger partial charge on any atom is 0.266 e. The summed E-state index contributed by atoms with van der Waals surface area (Å²) in [6.07, 6.45) is 3.34. The van der Waals surface area contributed by atoms with Crippen LogP contribution in [-0.2, 0) is 4.79 Å². The highest BCUT2D eigenvalue weighted by Crippen LogP contribution is 2.19. The Bertz CT molecular complexity index is 898. The van der Waals surface area contributed by atoms with Crippen LogP contribution in [0.1, 0.15) is 40.2 Å². The van der Waals surface area contributed by atoms with Crippen LogP contribution in [0.15, 0.2) is 29.1 Å². The predicted octanol–water partition coefficient (Wildman–Crippen LogP) is 2.45. The monoisotopic (exact) mass is 345 g/mol. The van der Waals surface area contributed by atoms with Crippen LogP contribution < -0.4 is 19.5 Å². The highest BCUT2D eigenvalue weighted by molar-refractivity contribution is 7.07. The molecule has 1 heterocycles. The summed E-state index contributed by atoms with van der Waals surface area (Å²) in [5.41, 5.74) is 0.169. The lowest BCUT2D eigenvalue weighted by molar-refractivity contribution is -0.119. The number of Topliss-reactive ketones (excluding diaryl/α,β-unsaturated/α-hetero) is 1.